The number of carboxylic acids is 1. The molecule has 0 saturated carbocycles. The van der Waals surface area contributed by atoms with Gasteiger partial charge in [-0.15, -0.1) is 0 Å². The van der Waals surface area contributed by atoms with Gasteiger partial charge in [0.2, 0.25) is 0 Å². The highest BCUT2D eigenvalue weighted by molar-refractivity contribution is 6.03. The van der Waals surface area contributed by atoms with E-state index < -0.39 is 11.9 Å². The number of carbonyl (C=O) groups excluding carboxylic acids is 1. The third-order valence-electron chi connectivity index (χ3n) is 4.92. The molecule has 0 aromatic heterocycles. The van der Waals surface area contributed by atoms with E-state index in [2.05, 4.69) is 0 Å². The Balaban J connectivity index is 2.11. The van der Waals surface area contributed by atoms with Gasteiger partial charge in [-0.05, 0) is 43.2 Å². The van der Waals surface area contributed by atoms with Gasteiger partial charge in [-0.25, -0.2) is 0 Å². The molecular formula is C22H17O5-. The van der Waals surface area contributed by atoms with Gasteiger partial charge in [0.1, 0.15) is 17.1 Å². The number of methoxy groups -OCH3 is 1. The zero-order valence-electron chi connectivity index (χ0n) is 14.9. The van der Waals surface area contributed by atoms with Gasteiger partial charge in [0.15, 0.2) is 5.43 Å². The maximum absolute atomic E-state index is 11.8. The Morgan fingerprint density at radius 1 is 1.19 bits per heavy atom. The topological polar surface area (TPSA) is 79.6 Å². The summed E-state index contributed by atoms with van der Waals surface area (Å²) < 4.78 is 11.2. The first-order valence-corrected chi connectivity index (χ1v) is 8.61. The van der Waals surface area contributed by atoms with Crippen molar-refractivity contribution in [2.75, 3.05) is 7.11 Å². The van der Waals surface area contributed by atoms with Gasteiger partial charge in [0.25, 0.3) is 0 Å². The summed E-state index contributed by atoms with van der Waals surface area (Å²) in [5, 5.41) is 12.6. The van der Waals surface area contributed by atoms with Crippen LogP contribution >= 0.6 is 0 Å². The SMILES string of the molecule is COc1ccc2c(C3=CC=C(C)CC3C(=O)[O-])c3ccc(=O)cc-3oc2c1. The van der Waals surface area contributed by atoms with E-state index >= 15 is 0 Å². The van der Waals surface area contributed by atoms with Crippen molar-refractivity contribution in [1.29, 1.82) is 0 Å². The normalized spacial score (nSPS) is 16.9. The van der Waals surface area contributed by atoms with Crippen molar-refractivity contribution in [2.45, 2.75) is 13.3 Å². The van der Waals surface area contributed by atoms with Crippen LogP contribution in [0.1, 0.15) is 18.9 Å². The molecule has 0 fully saturated rings. The minimum absolute atomic E-state index is 0.177. The molecule has 3 aliphatic rings. The van der Waals surface area contributed by atoms with E-state index in [-0.39, 0.29) is 5.43 Å². The standard InChI is InChI=1S/C22H18O5/c1-12-3-6-15(18(9-12)22(24)25)21-16-7-4-13(23)10-19(16)27-20-11-14(26-2)5-8-17(20)21/h3-8,10-11,18H,9H2,1-2H3,(H,24,25)/p-1. The summed E-state index contributed by atoms with van der Waals surface area (Å²) in [4.78, 5) is 23.7. The first-order valence-electron chi connectivity index (χ1n) is 8.61. The van der Waals surface area contributed by atoms with Crippen LogP contribution in [-0.2, 0) is 4.79 Å². The maximum atomic E-state index is 11.8. The minimum Gasteiger partial charge on any atom is -0.549 e. The quantitative estimate of drug-likeness (QED) is 0.670. The fourth-order valence-corrected chi connectivity index (χ4v) is 3.60. The summed E-state index contributed by atoms with van der Waals surface area (Å²) in [5.74, 6) is -0.871. The van der Waals surface area contributed by atoms with Crippen LogP contribution in [0.2, 0.25) is 0 Å². The van der Waals surface area contributed by atoms with E-state index in [1.54, 1.807) is 25.3 Å². The number of carbonyl (C=O) groups is 1. The molecule has 1 aromatic rings. The molecule has 0 saturated heterocycles. The molecule has 4 rings (SSSR count). The Kier molecular flexibility index (Phi) is 4.07. The van der Waals surface area contributed by atoms with E-state index in [1.165, 1.54) is 12.1 Å². The molecular weight excluding hydrogens is 344 g/mol. The molecule has 0 spiro atoms. The second-order valence-corrected chi connectivity index (χ2v) is 6.71. The molecule has 1 heterocycles. The van der Waals surface area contributed by atoms with Crippen molar-refractivity contribution in [1.82, 2.24) is 0 Å². The highest BCUT2D eigenvalue weighted by Crippen LogP contribution is 2.43. The summed E-state index contributed by atoms with van der Waals surface area (Å²) in [6.07, 6.45) is 4.13. The molecule has 0 radical (unpaired) electrons. The molecule has 2 aliphatic carbocycles. The van der Waals surface area contributed by atoms with E-state index in [1.807, 2.05) is 25.1 Å². The number of aliphatic carboxylic acids is 1. The molecule has 0 N–H and O–H groups in total. The lowest BCUT2D eigenvalue weighted by atomic mass is 9.80. The number of allylic oxidation sites excluding steroid dienone is 3. The smallest absolute Gasteiger partial charge is 0.182 e. The zero-order chi connectivity index (χ0) is 19.1. The highest BCUT2D eigenvalue weighted by Gasteiger charge is 2.26. The Labute approximate surface area is 155 Å². The predicted molar refractivity (Wildman–Crippen MR) is 101 cm³/mol. The van der Waals surface area contributed by atoms with Gasteiger partial charge < -0.3 is 19.1 Å². The van der Waals surface area contributed by atoms with Crippen molar-refractivity contribution < 1.29 is 19.1 Å². The largest absolute Gasteiger partial charge is 0.549 e. The number of carboxylic acid groups (broad SMARTS) is 1. The molecule has 1 aliphatic heterocycles. The summed E-state index contributed by atoms with van der Waals surface area (Å²) >= 11 is 0. The number of hydrogen-bond acceptors (Lipinski definition) is 5. The summed E-state index contributed by atoms with van der Waals surface area (Å²) in [6, 6.07) is 9.92. The Bertz CT molecular complexity index is 1150. The van der Waals surface area contributed by atoms with Crippen LogP contribution in [0.15, 0.2) is 63.3 Å². The lowest BCUT2D eigenvalue weighted by Crippen LogP contribution is -2.33. The Hall–Kier alpha value is -3.34. The lowest BCUT2D eigenvalue weighted by molar-refractivity contribution is -0.309. The lowest BCUT2D eigenvalue weighted by Gasteiger charge is -2.27. The zero-order valence-corrected chi connectivity index (χ0v) is 14.9. The van der Waals surface area contributed by atoms with Crippen LogP contribution in [0.4, 0.5) is 0 Å². The molecule has 0 amide bonds. The van der Waals surface area contributed by atoms with Gasteiger partial charge >= 0.3 is 0 Å². The summed E-state index contributed by atoms with van der Waals surface area (Å²) in [7, 11) is 1.56. The molecule has 1 atom stereocenters. The van der Waals surface area contributed by atoms with Gasteiger partial charge in [0, 0.05) is 40.5 Å². The number of hydrogen-bond donors (Lipinski definition) is 0. The second kappa shape index (κ2) is 6.43. The van der Waals surface area contributed by atoms with Gasteiger partial charge in [-0.3, -0.25) is 4.79 Å². The highest BCUT2D eigenvalue weighted by atomic mass is 16.5. The first kappa shape index (κ1) is 17.1. The van der Waals surface area contributed by atoms with Gasteiger partial charge in [0.05, 0.1) is 7.11 Å². The fraction of sp³-hybridized carbons (Fsp3) is 0.182. The molecule has 136 valence electrons. The minimum atomic E-state index is -1.12. The molecule has 0 bridgehead atoms. The first-order chi connectivity index (χ1) is 13.0. The number of rotatable bonds is 3. The van der Waals surface area contributed by atoms with Crippen LogP contribution in [0.3, 0.4) is 0 Å². The average molecular weight is 361 g/mol. The van der Waals surface area contributed by atoms with Gasteiger partial charge in [-0.2, -0.15) is 0 Å². The number of benzene rings is 2. The van der Waals surface area contributed by atoms with Crippen molar-refractivity contribution in [3.05, 3.63) is 69.9 Å². The third kappa shape index (κ3) is 2.91. The van der Waals surface area contributed by atoms with Crippen LogP contribution in [0, 0.1) is 5.92 Å². The Morgan fingerprint density at radius 3 is 2.74 bits per heavy atom. The van der Waals surface area contributed by atoms with E-state index in [0.29, 0.717) is 34.7 Å². The van der Waals surface area contributed by atoms with E-state index in [0.717, 1.165) is 16.5 Å². The molecule has 27 heavy (non-hydrogen) atoms. The van der Waals surface area contributed by atoms with Crippen LogP contribution < -0.4 is 15.3 Å². The average Bonchev–Trinajstić information content (AvgIpc) is 2.65. The van der Waals surface area contributed by atoms with Crippen molar-refractivity contribution in [3.8, 4) is 17.1 Å². The second-order valence-electron chi connectivity index (χ2n) is 6.71. The molecule has 1 unspecified atom stereocenters. The third-order valence-corrected chi connectivity index (χ3v) is 4.92. The number of ether oxygens (including phenoxy) is 1. The summed E-state index contributed by atoms with van der Waals surface area (Å²) in [6.45, 7) is 1.90. The number of fused-ring (bicyclic) bond motifs is 2. The van der Waals surface area contributed by atoms with Crippen molar-refractivity contribution in [2.24, 2.45) is 5.92 Å². The molecule has 5 heteroatoms. The van der Waals surface area contributed by atoms with E-state index in [9.17, 15) is 14.7 Å². The summed E-state index contributed by atoms with van der Waals surface area (Å²) in [5.41, 5.74) is 3.40. The Morgan fingerprint density at radius 2 is 2.00 bits per heavy atom. The van der Waals surface area contributed by atoms with E-state index in [4.69, 9.17) is 9.15 Å². The fourth-order valence-electron chi connectivity index (χ4n) is 3.60. The predicted octanol–water partition coefficient (Wildman–Crippen LogP) is 3.01. The monoisotopic (exact) mass is 361 g/mol. The van der Waals surface area contributed by atoms with Crippen LogP contribution in [-0.4, -0.2) is 13.1 Å². The van der Waals surface area contributed by atoms with Gasteiger partial charge in [-0.1, -0.05) is 17.7 Å². The van der Waals surface area contributed by atoms with Crippen molar-refractivity contribution >= 4 is 22.5 Å². The molecule has 1 aromatic carbocycles. The van der Waals surface area contributed by atoms with Crippen LogP contribution in [0.25, 0.3) is 27.9 Å². The maximum Gasteiger partial charge on any atom is 0.182 e. The van der Waals surface area contributed by atoms with Crippen molar-refractivity contribution in [3.63, 3.8) is 0 Å². The van der Waals surface area contributed by atoms with Crippen LogP contribution in [0.5, 0.6) is 5.75 Å². The molecule has 5 nitrogen and oxygen atoms in total.